The zero-order valence-electron chi connectivity index (χ0n) is 27.0. The number of fused-ring (bicyclic) bond motifs is 4. The molecule has 0 amide bonds. The van der Waals surface area contributed by atoms with Crippen molar-refractivity contribution in [2.24, 2.45) is 14.1 Å². The lowest BCUT2D eigenvalue weighted by Gasteiger charge is -2.13. The summed E-state index contributed by atoms with van der Waals surface area (Å²) in [5.41, 5.74) is 12.5. The van der Waals surface area contributed by atoms with Crippen LogP contribution in [0.3, 0.4) is 0 Å². The third-order valence-corrected chi connectivity index (χ3v) is 9.43. The van der Waals surface area contributed by atoms with E-state index in [9.17, 15) is 4.79 Å². The highest BCUT2D eigenvalue weighted by molar-refractivity contribution is 6.06. The molecule has 0 spiro atoms. The molecule has 0 unspecified atom stereocenters. The number of furan rings is 1. The van der Waals surface area contributed by atoms with Crippen molar-refractivity contribution in [1.29, 1.82) is 0 Å². The van der Waals surface area contributed by atoms with E-state index in [1.807, 2.05) is 61.6 Å². The van der Waals surface area contributed by atoms with Gasteiger partial charge in [-0.1, -0.05) is 109 Å². The van der Waals surface area contributed by atoms with Crippen LogP contribution in [0.25, 0.3) is 89.1 Å². The summed E-state index contributed by atoms with van der Waals surface area (Å²) in [6, 6.07) is 49.7. The molecule has 234 valence electrons. The second kappa shape index (κ2) is 11.3. The number of nitrogens with zero attached hydrogens (tertiary/aromatic N) is 4. The third-order valence-electron chi connectivity index (χ3n) is 9.43. The van der Waals surface area contributed by atoms with Crippen LogP contribution in [0.5, 0.6) is 0 Å². The van der Waals surface area contributed by atoms with Gasteiger partial charge in [-0.3, -0.25) is 9.13 Å². The highest BCUT2D eigenvalue weighted by Gasteiger charge is 2.16. The highest BCUT2D eigenvalue weighted by atomic mass is 16.3. The van der Waals surface area contributed by atoms with E-state index in [-0.39, 0.29) is 5.69 Å². The predicted octanol–water partition coefficient (Wildman–Crippen LogP) is 9.90. The molecule has 0 fully saturated rings. The second-order valence-corrected chi connectivity index (χ2v) is 12.4. The standard InChI is InChI=1S/C43H30N4O2/c1-46-38-22-20-30(25-39(38)47(2)43(46)48)27-16-18-28(19-17-27)36-26-37(45-42(44-36)29-10-4-3-5-11-29)33-13-7-6-12-32(33)31-21-23-41-35(24-31)34-14-8-9-15-40(34)49-41/h3-26H,1-2H3. The van der Waals surface area contributed by atoms with Crippen molar-refractivity contribution >= 4 is 33.0 Å². The Morgan fingerprint density at radius 2 is 1.10 bits per heavy atom. The smallest absolute Gasteiger partial charge is 0.328 e. The van der Waals surface area contributed by atoms with Crippen LogP contribution in [0, 0.1) is 0 Å². The van der Waals surface area contributed by atoms with Gasteiger partial charge in [-0.05, 0) is 58.7 Å². The number of benzene rings is 6. The topological polar surface area (TPSA) is 65.8 Å². The lowest BCUT2D eigenvalue weighted by Crippen LogP contribution is -2.19. The predicted molar refractivity (Wildman–Crippen MR) is 198 cm³/mol. The number of hydrogen-bond acceptors (Lipinski definition) is 4. The van der Waals surface area contributed by atoms with Gasteiger partial charge in [0.1, 0.15) is 11.2 Å². The summed E-state index contributed by atoms with van der Waals surface area (Å²) in [5.74, 6) is 0.665. The Hall–Kier alpha value is -6.53. The minimum Gasteiger partial charge on any atom is -0.456 e. The quantitative estimate of drug-likeness (QED) is 0.189. The van der Waals surface area contributed by atoms with Crippen molar-refractivity contribution in [2.75, 3.05) is 0 Å². The summed E-state index contributed by atoms with van der Waals surface area (Å²) in [6.45, 7) is 0. The fourth-order valence-corrected chi connectivity index (χ4v) is 6.82. The SMILES string of the molecule is Cn1c(=O)n(C)c2cc(-c3ccc(-c4cc(-c5ccccc5-c5ccc6oc7ccccc7c6c5)nc(-c5ccccc5)n4)cc3)ccc21. The third kappa shape index (κ3) is 4.85. The van der Waals surface area contributed by atoms with Crippen molar-refractivity contribution in [2.45, 2.75) is 0 Å². The van der Waals surface area contributed by atoms with Gasteiger partial charge in [-0.25, -0.2) is 14.8 Å². The maximum atomic E-state index is 12.5. The Bertz CT molecular complexity index is 2750. The Morgan fingerprint density at radius 1 is 0.469 bits per heavy atom. The zero-order chi connectivity index (χ0) is 33.1. The minimum atomic E-state index is -0.0339. The van der Waals surface area contributed by atoms with E-state index in [4.69, 9.17) is 14.4 Å². The molecule has 6 aromatic carbocycles. The van der Waals surface area contributed by atoms with Crippen LogP contribution >= 0.6 is 0 Å². The monoisotopic (exact) mass is 634 g/mol. The maximum absolute atomic E-state index is 12.5. The van der Waals surface area contributed by atoms with Crippen molar-refractivity contribution in [3.05, 3.63) is 156 Å². The number of aromatic nitrogens is 4. The van der Waals surface area contributed by atoms with Crippen molar-refractivity contribution < 1.29 is 4.42 Å². The van der Waals surface area contributed by atoms with Crippen LogP contribution in [-0.4, -0.2) is 19.1 Å². The molecule has 0 bridgehead atoms. The largest absolute Gasteiger partial charge is 0.456 e. The van der Waals surface area contributed by atoms with E-state index in [1.165, 1.54) is 0 Å². The number of aryl methyl sites for hydroxylation is 2. The lowest BCUT2D eigenvalue weighted by atomic mass is 9.95. The molecule has 0 saturated carbocycles. The van der Waals surface area contributed by atoms with E-state index in [1.54, 1.807) is 16.2 Å². The highest BCUT2D eigenvalue weighted by Crippen LogP contribution is 2.38. The maximum Gasteiger partial charge on any atom is 0.328 e. The van der Waals surface area contributed by atoms with Gasteiger partial charge in [0.25, 0.3) is 0 Å². The molecule has 9 rings (SSSR count). The first-order valence-electron chi connectivity index (χ1n) is 16.2. The first kappa shape index (κ1) is 28.7. The van der Waals surface area contributed by atoms with Crippen LogP contribution in [-0.2, 0) is 14.1 Å². The Kier molecular flexibility index (Phi) is 6.62. The number of para-hydroxylation sites is 1. The van der Waals surface area contributed by atoms with E-state index in [2.05, 4.69) is 91.0 Å². The normalized spacial score (nSPS) is 11.6. The summed E-state index contributed by atoms with van der Waals surface area (Å²) in [5, 5.41) is 2.19. The van der Waals surface area contributed by atoms with Gasteiger partial charge in [0.05, 0.1) is 22.4 Å². The van der Waals surface area contributed by atoms with Crippen molar-refractivity contribution in [3.63, 3.8) is 0 Å². The summed E-state index contributed by atoms with van der Waals surface area (Å²) in [6.07, 6.45) is 0. The van der Waals surface area contributed by atoms with Gasteiger partial charge in [0.2, 0.25) is 0 Å². The molecule has 0 N–H and O–H groups in total. The number of rotatable bonds is 5. The van der Waals surface area contributed by atoms with E-state index in [0.29, 0.717) is 5.82 Å². The molecule has 9 aromatic rings. The van der Waals surface area contributed by atoms with Gasteiger partial charge in [0, 0.05) is 41.6 Å². The molecule has 3 heterocycles. The van der Waals surface area contributed by atoms with E-state index >= 15 is 0 Å². The summed E-state index contributed by atoms with van der Waals surface area (Å²) < 4.78 is 9.48. The van der Waals surface area contributed by atoms with E-state index in [0.717, 1.165) is 83.3 Å². The minimum absolute atomic E-state index is 0.0339. The zero-order valence-corrected chi connectivity index (χ0v) is 27.0. The first-order chi connectivity index (χ1) is 24.0. The molecule has 49 heavy (non-hydrogen) atoms. The van der Waals surface area contributed by atoms with Crippen LogP contribution in [0.15, 0.2) is 155 Å². The molecular weight excluding hydrogens is 604 g/mol. The summed E-state index contributed by atoms with van der Waals surface area (Å²) in [7, 11) is 3.61. The molecule has 0 atom stereocenters. The second-order valence-electron chi connectivity index (χ2n) is 12.4. The van der Waals surface area contributed by atoms with Crippen molar-refractivity contribution in [1.82, 2.24) is 19.1 Å². The van der Waals surface area contributed by atoms with Gasteiger partial charge in [-0.15, -0.1) is 0 Å². The van der Waals surface area contributed by atoms with Crippen LogP contribution < -0.4 is 5.69 Å². The van der Waals surface area contributed by atoms with Gasteiger partial charge in [-0.2, -0.15) is 0 Å². The number of hydrogen-bond donors (Lipinski definition) is 0. The molecule has 3 aromatic heterocycles. The van der Waals surface area contributed by atoms with Gasteiger partial charge < -0.3 is 4.42 Å². The van der Waals surface area contributed by atoms with Crippen LogP contribution in [0.1, 0.15) is 0 Å². The van der Waals surface area contributed by atoms with Gasteiger partial charge in [0.15, 0.2) is 5.82 Å². The fraction of sp³-hybridized carbons (Fsp3) is 0.0465. The average molecular weight is 635 g/mol. The van der Waals surface area contributed by atoms with E-state index < -0.39 is 0 Å². The van der Waals surface area contributed by atoms with Gasteiger partial charge >= 0.3 is 5.69 Å². The Labute approximate surface area is 282 Å². The molecule has 6 heteroatoms. The number of imidazole rings is 1. The summed E-state index contributed by atoms with van der Waals surface area (Å²) >= 11 is 0. The summed E-state index contributed by atoms with van der Waals surface area (Å²) in [4.78, 5) is 22.7. The molecule has 0 radical (unpaired) electrons. The Morgan fingerprint density at radius 3 is 1.94 bits per heavy atom. The van der Waals surface area contributed by atoms with Crippen LogP contribution in [0.2, 0.25) is 0 Å². The fourth-order valence-electron chi connectivity index (χ4n) is 6.82. The molecule has 0 aliphatic heterocycles. The molecule has 6 nitrogen and oxygen atoms in total. The molecular formula is C43H30N4O2. The first-order valence-corrected chi connectivity index (χ1v) is 16.2. The average Bonchev–Trinajstić information content (AvgIpc) is 3.64. The van der Waals surface area contributed by atoms with Crippen LogP contribution in [0.4, 0.5) is 0 Å². The lowest BCUT2D eigenvalue weighted by molar-refractivity contribution is 0.669. The van der Waals surface area contributed by atoms with Crippen molar-refractivity contribution in [3.8, 4) is 56.2 Å². The Balaban J connectivity index is 1.16. The molecule has 0 aliphatic carbocycles. The molecule has 0 saturated heterocycles. The molecule has 0 aliphatic rings.